The Kier molecular flexibility index (Phi) is 5.81. The fraction of sp³-hybridized carbons (Fsp3) is 0.250. The van der Waals surface area contributed by atoms with E-state index in [0.717, 1.165) is 4.90 Å². The minimum Gasteiger partial charge on any atom is -0.497 e. The van der Waals surface area contributed by atoms with Gasteiger partial charge in [0.05, 0.1) is 18.2 Å². The highest BCUT2D eigenvalue weighted by molar-refractivity contribution is 7.98. The van der Waals surface area contributed by atoms with Crippen molar-refractivity contribution >= 4 is 35.2 Å². The SMILES string of the molecule is COc1ccc(NC(=O)[C@@H](CCSC)N2C(=O)c3ccccc3C2=O)cc1. The zero-order valence-electron chi connectivity index (χ0n) is 15.1. The highest BCUT2D eigenvalue weighted by atomic mass is 32.2. The molecule has 0 fully saturated rings. The number of hydrogen-bond donors (Lipinski definition) is 1. The molecule has 2 aromatic carbocycles. The van der Waals surface area contributed by atoms with Crippen LogP contribution in [0.1, 0.15) is 27.1 Å². The molecular formula is C20H20N2O4S. The smallest absolute Gasteiger partial charge is 0.262 e. The van der Waals surface area contributed by atoms with Gasteiger partial charge in [-0.1, -0.05) is 12.1 Å². The van der Waals surface area contributed by atoms with Crippen molar-refractivity contribution in [2.75, 3.05) is 24.4 Å². The predicted octanol–water partition coefficient (Wildman–Crippen LogP) is 3.05. The van der Waals surface area contributed by atoms with E-state index in [1.54, 1.807) is 67.4 Å². The monoisotopic (exact) mass is 384 g/mol. The number of ether oxygens (including phenoxy) is 1. The van der Waals surface area contributed by atoms with Gasteiger partial charge in [0.2, 0.25) is 5.91 Å². The Bertz CT molecular complexity index is 832. The summed E-state index contributed by atoms with van der Waals surface area (Å²) < 4.78 is 5.11. The summed E-state index contributed by atoms with van der Waals surface area (Å²) in [5.41, 5.74) is 1.26. The van der Waals surface area contributed by atoms with Crippen LogP contribution in [0.5, 0.6) is 5.75 Å². The predicted molar refractivity (Wildman–Crippen MR) is 105 cm³/mol. The summed E-state index contributed by atoms with van der Waals surface area (Å²) >= 11 is 1.56. The quantitative estimate of drug-likeness (QED) is 0.743. The van der Waals surface area contributed by atoms with Gasteiger partial charge in [0.15, 0.2) is 0 Å². The van der Waals surface area contributed by atoms with Crippen molar-refractivity contribution in [3.8, 4) is 5.75 Å². The van der Waals surface area contributed by atoms with Crippen LogP contribution in [0.4, 0.5) is 5.69 Å². The van der Waals surface area contributed by atoms with E-state index in [1.807, 2.05) is 6.26 Å². The third-order valence-electron chi connectivity index (χ3n) is 4.39. The van der Waals surface area contributed by atoms with Crippen molar-refractivity contribution < 1.29 is 19.1 Å². The molecule has 6 nitrogen and oxygen atoms in total. The number of imide groups is 1. The van der Waals surface area contributed by atoms with E-state index in [-0.39, 0.29) is 5.91 Å². The molecule has 0 saturated heterocycles. The van der Waals surface area contributed by atoms with E-state index in [4.69, 9.17) is 4.74 Å². The molecule has 7 heteroatoms. The molecule has 1 aliphatic heterocycles. The number of carbonyl (C=O) groups is 3. The third-order valence-corrected chi connectivity index (χ3v) is 5.04. The fourth-order valence-electron chi connectivity index (χ4n) is 3.00. The summed E-state index contributed by atoms with van der Waals surface area (Å²) in [5.74, 6) is 0.0860. The van der Waals surface area contributed by atoms with Crippen molar-refractivity contribution in [1.82, 2.24) is 4.90 Å². The maximum absolute atomic E-state index is 12.9. The van der Waals surface area contributed by atoms with Crippen LogP contribution in [0.3, 0.4) is 0 Å². The molecule has 27 heavy (non-hydrogen) atoms. The average Bonchev–Trinajstić information content (AvgIpc) is 2.94. The maximum Gasteiger partial charge on any atom is 0.262 e. The van der Waals surface area contributed by atoms with Gasteiger partial charge in [0.1, 0.15) is 11.8 Å². The van der Waals surface area contributed by atoms with E-state index >= 15 is 0 Å². The number of anilines is 1. The van der Waals surface area contributed by atoms with Crippen molar-refractivity contribution in [3.05, 3.63) is 59.7 Å². The number of methoxy groups -OCH3 is 1. The second kappa shape index (κ2) is 8.26. The normalized spacial score (nSPS) is 14.1. The topological polar surface area (TPSA) is 75.7 Å². The molecular weight excluding hydrogens is 364 g/mol. The zero-order valence-corrected chi connectivity index (χ0v) is 15.9. The van der Waals surface area contributed by atoms with Crippen LogP contribution < -0.4 is 10.1 Å². The van der Waals surface area contributed by atoms with E-state index in [9.17, 15) is 14.4 Å². The Morgan fingerprint density at radius 1 is 1.07 bits per heavy atom. The molecule has 3 rings (SSSR count). The van der Waals surface area contributed by atoms with Crippen LogP contribution in [0.15, 0.2) is 48.5 Å². The number of nitrogens with one attached hydrogen (secondary N) is 1. The second-order valence-electron chi connectivity index (χ2n) is 6.04. The van der Waals surface area contributed by atoms with Gasteiger partial charge in [-0.25, -0.2) is 0 Å². The highest BCUT2D eigenvalue weighted by Crippen LogP contribution is 2.27. The Morgan fingerprint density at radius 2 is 1.67 bits per heavy atom. The Hall–Kier alpha value is -2.80. The standard InChI is InChI=1S/C20H20N2O4S/c1-26-14-9-7-13(8-10-14)21-18(23)17(11-12-27-2)22-19(24)15-5-3-4-6-16(15)20(22)25/h3-10,17H,11-12H2,1-2H3,(H,21,23)/t17-/m1/s1. The van der Waals surface area contributed by atoms with Crippen LogP contribution in [0, 0.1) is 0 Å². The van der Waals surface area contributed by atoms with Gasteiger partial charge in [-0.3, -0.25) is 19.3 Å². The Labute approximate surface area is 161 Å². The molecule has 0 bridgehead atoms. The molecule has 1 aliphatic rings. The van der Waals surface area contributed by atoms with Gasteiger partial charge in [-0.05, 0) is 54.8 Å². The van der Waals surface area contributed by atoms with Crippen LogP contribution in [0.2, 0.25) is 0 Å². The van der Waals surface area contributed by atoms with Gasteiger partial charge in [-0.15, -0.1) is 0 Å². The van der Waals surface area contributed by atoms with Gasteiger partial charge >= 0.3 is 0 Å². The fourth-order valence-corrected chi connectivity index (χ4v) is 3.46. The molecule has 0 saturated carbocycles. The van der Waals surface area contributed by atoms with Crippen molar-refractivity contribution in [3.63, 3.8) is 0 Å². The van der Waals surface area contributed by atoms with Gasteiger partial charge < -0.3 is 10.1 Å². The molecule has 0 unspecified atom stereocenters. The summed E-state index contributed by atoms with van der Waals surface area (Å²) in [6.07, 6.45) is 2.30. The van der Waals surface area contributed by atoms with E-state index in [2.05, 4.69) is 5.32 Å². The number of amides is 3. The first-order valence-electron chi connectivity index (χ1n) is 8.47. The molecule has 1 N–H and O–H groups in total. The molecule has 1 heterocycles. The lowest BCUT2D eigenvalue weighted by atomic mass is 10.1. The van der Waals surface area contributed by atoms with Gasteiger partial charge in [-0.2, -0.15) is 11.8 Å². The maximum atomic E-state index is 12.9. The molecule has 0 spiro atoms. The summed E-state index contributed by atoms with van der Waals surface area (Å²) in [6, 6.07) is 12.7. The average molecular weight is 384 g/mol. The molecule has 3 amide bonds. The van der Waals surface area contributed by atoms with E-state index in [0.29, 0.717) is 34.7 Å². The summed E-state index contributed by atoms with van der Waals surface area (Å²) in [4.78, 5) is 39.5. The number of nitrogens with zero attached hydrogens (tertiary/aromatic N) is 1. The van der Waals surface area contributed by atoms with Crippen molar-refractivity contribution in [2.24, 2.45) is 0 Å². The summed E-state index contributed by atoms with van der Waals surface area (Å²) in [5, 5.41) is 2.80. The lowest BCUT2D eigenvalue weighted by Gasteiger charge is -2.25. The van der Waals surface area contributed by atoms with E-state index < -0.39 is 17.9 Å². The third kappa shape index (κ3) is 3.83. The number of thioether (sulfide) groups is 1. The van der Waals surface area contributed by atoms with E-state index in [1.165, 1.54) is 0 Å². The molecule has 1 atom stereocenters. The molecule has 0 aromatic heterocycles. The van der Waals surface area contributed by atoms with Crippen LogP contribution in [-0.2, 0) is 4.79 Å². The lowest BCUT2D eigenvalue weighted by Crippen LogP contribution is -2.47. The number of benzene rings is 2. The Morgan fingerprint density at radius 3 is 2.19 bits per heavy atom. The lowest BCUT2D eigenvalue weighted by molar-refractivity contribution is -0.120. The van der Waals surface area contributed by atoms with Crippen LogP contribution in [0.25, 0.3) is 0 Å². The first kappa shape index (κ1) is 19.0. The largest absolute Gasteiger partial charge is 0.497 e. The summed E-state index contributed by atoms with van der Waals surface area (Å²) in [7, 11) is 1.56. The first-order chi connectivity index (χ1) is 13.1. The van der Waals surface area contributed by atoms with Crippen molar-refractivity contribution in [2.45, 2.75) is 12.5 Å². The second-order valence-corrected chi connectivity index (χ2v) is 7.03. The van der Waals surface area contributed by atoms with Crippen LogP contribution in [-0.4, -0.2) is 47.8 Å². The summed E-state index contributed by atoms with van der Waals surface area (Å²) in [6.45, 7) is 0. The molecule has 140 valence electrons. The minimum absolute atomic E-state index is 0.342. The first-order valence-corrected chi connectivity index (χ1v) is 9.87. The molecule has 2 aromatic rings. The van der Waals surface area contributed by atoms with Crippen LogP contribution >= 0.6 is 11.8 Å². The zero-order chi connectivity index (χ0) is 19.4. The highest BCUT2D eigenvalue weighted by Gasteiger charge is 2.42. The number of hydrogen-bond acceptors (Lipinski definition) is 5. The number of carbonyl (C=O) groups excluding carboxylic acids is 3. The number of rotatable bonds is 7. The van der Waals surface area contributed by atoms with Gasteiger partial charge in [0.25, 0.3) is 11.8 Å². The van der Waals surface area contributed by atoms with Crippen molar-refractivity contribution in [1.29, 1.82) is 0 Å². The molecule has 0 radical (unpaired) electrons. The molecule has 0 aliphatic carbocycles. The minimum atomic E-state index is -0.869. The van der Waals surface area contributed by atoms with Gasteiger partial charge in [0, 0.05) is 5.69 Å². The number of fused-ring (bicyclic) bond motifs is 1. The Balaban J connectivity index is 1.84.